The second-order valence-electron chi connectivity index (χ2n) is 2.84. The van der Waals surface area contributed by atoms with Gasteiger partial charge in [0.1, 0.15) is 0 Å². The third-order valence-electron chi connectivity index (χ3n) is 1.85. The van der Waals surface area contributed by atoms with Crippen LogP contribution in [0.2, 0.25) is 0 Å². The van der Waals surface area contributed by atoms with Gasteiger partial charge in [-0.25, -0.2) is 0 Å². The van der Waals surface area contributed by atoms with Gasteiger partial charge in [-0.3, -0.25) is 0 Å². The summed E-state index contributed by atoms with van der Waals surface area (Å²) in [6, 6.07) is 8.63. The predicted octanol–water partition coefficient (Wildman–Crippen LogP) is 3.97. The Kier molecular flexibility index (Phi) is 4.62. The summed E-state index contributed by atoms with van der Waals surface area (Å²) < 4.78 is 0. The van der Waals surface area contributed by atoms with E-state index in [1.807, 2.05) is 0 Å². The number of hydrogen-bond acceptors (Lipinski definition) is 2. The highest BCUT2D eigenvalue weighted by atomic mass is 33.1. The molecule has 12 heavy (non-hydrogen) atoms. The van der Waals surface area contributed by atoms with E-state index in [2.05, 4.69) is 42.9 Å². The molecule has 2 heteroatoms. The number of hydrogen-bond donors (Lipinski definition) is 1. The molecule has 0 heterocycles. The molecule has 66 valence electrons. The van der Waals surface area contributed by atoms with E-state index in [4.69, 9.17) is 0 Å². The number of unbranched alkanes of at least 4 members (excludes halogenated alkanes) is 1. The predicted molar refractivity (Wildman–Crippen MR) is 59.9 cm³/mol. The number of thiol groups is 1. The Morgan fingerprint density at radius 3 is 2.42 bits per heavy atom. The third-order valence-corrected chi connectivity index (χ3v) is 2.96. The highest BCUT2D eigenvalue weighted by Gasteiger charge is 1.92. The molecule has 0 atom stereocenters. The molecule has 1 aromatic rings. The van der Waals surface area contributed by atoms with Gasteiger partial charge < -0.3 is 0 Å². The van der Waals surface area contributed by atoms with Crippen molar-refractivity contribution in [1.82, 2.24) is 0 Å². The van der Waals surface area contributed by atoms with Crippen LogP contribution in [0, 0.1) is 0 Å². The molecule has 0 unspecified atom stereocenters. The standard InChI is InChI=1S/C10H14S2/c1-2-3-4-9-5-7-10(12-11)8-6-9/h5-8,11H,2-4H2,1H3. The Balaban J connectivity index is 2.53. The maximum atomic E-state index is 4.13. The van der Waals surface area contributed by atoms with Gasteiger partial charge in [-0.05, 0) is 30.5 Å². The van der Waals surface area contributed by atoms with Gasteiger partial charge in [0.05, 0.1) is 0 Å². The lowest BCUT2D eigenvalue weighted by Crippen LogP contribution is -1.83. The largest absolute Gasteiger partial charge is 0.106 e. The Labute approximate surface area is 83.6 Å². The van der Waals surface area contributed by atoms with Gasteiger partial charge in [0.25, 0.3) is 0 Å². The normalized spacial score (nSPS) is 10.2. The molecular formula is C10H14S2. The molecule has 0 amide bonds. The van der Waals surface area contributed by atoms with Crippen LogP contribution in [-0.4, -0.2) is 0 Å². The van der Waals surface area contributed by atoms with Gasteiger partial charge in [-0.15, -0.1) is 11.7 Å². The van der Waals surface area contributed by atoms with Crippen molar-refractivity contribution in [3.63, 3.8) is 0 Å². The summed E-state index contributed by atoms with van der Waals surface area (Å²) in [6.45, 7) is 2.22. The maximum Gasteiger partial charge on any atom is 0.0180 e. The second-order valence-corrected chi connectivity index (χ2v) is 4.04. The van der Waals surface area contributed by atoms with Crippen LogP contribution in [0.25, 0.3) is 0 Å². The van der Waals surface area contributed by atoms with Gasteiger partial charge >= 0.3 is 0 Å². The molecule has 0 nitrogen and oxygen atoms in total. The fourth-order valence-corrected chi connectivity index (χ4v) is 1.72. The van der Waals surface area contributed by atoms with Crippen molar-refractivity contribution in [1.29, 1.82) is 0 Å². The number of rotatable bonds is 4. The van der Waals surface area contributed by atoms with Gasteiger partial charge in [-0.1, -0.05) is 36.3 Å². The van der Waals surface area contributed by atoms with Crippen LogP contribution in [0.15, 0.2) is 29.2 Å². The van der Waals surface area contributed by atoms with E-state index in [0.29, 0.717) is 0 Å². The first-order valence-corrected chi connectivity index (χ1v) is 6.14. The van der Waals surface area contributed by atoms with Crippen molar-refractivity contribution in [3.05, 3.63) is 29.8 Å². The van der Waals surface area contributed by atoms with Crippen LogP contribution >= 0.6 is 22.5 Å². The Morgan fingerprint density at radius 1 is 1.25 bits per heavy atom. The lowest BCUT2D eigenvalue weighted by atomic mass is 10.1. The first kappa shape index (κ1) is 10.0. The van der Waals surface area contributed by atoms with Gasteiger partial charge in [-0.2, -0.15) is 0 Å². The molecule has 0 fully saturated rings. The fourth-order valence-electron chi connectivity index (χ4n) is 1.10. The van der Waals surface area contributed by atoms with Crippen molar-refractivity contribution < 1.29 is 0 Å². The summed E-state index contributed by atoms with van der Waals surface area (Å²) in [5, 5.41) is 0. The Bertz CT molecular complexity index is 216. The van der Waals surface area contributed by atoms with E-state index >= 15 is 0 Å². The van der Waals surface area contributed by atoms with Crippen LogP contribution in [0.3, 0.4) is 0 Å². The molecular weight excluding hydrogens is 184 g/mol. The Hall–Kier alpha value is -0.0800. The second kappa shape index (κ2) is 5.55. The molecule has 0 aromatic heterocycles. The zero-order chi connectivity index (χ0) is 8.81. The molecule has 0 radical (unpaired) electrons. The fraction of sp³-hybridized carbons (Fsp3) is 0.400. The molecule has 0 aliphatic carbocycles. The molecule has 0 aliphatic heterocycles. The minimum atomic E-state index is 1.20. The van der Waals surface area contributed by atoms with Crippen molar-refractivity contribution in [2.45, 2.75) is 31.1 Å². The van der Waals surface area contributed by atoms with E-state index in [-0.39, 0.29) is 0 Å². The monoisotopic (exact) mass is 198 g/mol. The van der Waals surface area contributed by atoms with Crippen LogP contribution in [0.1, 0.15) is 25.3 Å². The molecule has 1 rings (SSSR count). The van der Waals surface area contributed by atoms with Crippen LogP contribution in [-0.2, 0) is 6.42 Å². The van der Waals surface area contributed by atoms with Gasteiger partial charge in [0.2, 0.25) is 0 Å². The first-order chi connectivity index (χ1) is 5.86. The van der Waals surface area contributed by atoms with E-state index in [1.165, 1.54) is 40.5 Å². The summed E-state index contributed by atoms with van der Waals surface area (Å²) in [5.41, 5.74) is 1.43. The topological polar surface area (TPSA) is 0 Å². The van der Waals surface area contributed by atoms with E-state index in [1.54, 1.807) is 0 Å². The minimum Gasteiger partial charge on any atom is -0.106 e. The molecule has 0 spiro atoms. The quantitative estimate of drug-likeness (QED) is 0.564. The smallest absolute Gasteiger partial charge is 0.0180 e. The SMILES string of the molecule is CCCCc1ccc(SS)cc1. The third kappa shape index (κ3) is 3.11. The van der Waals surface area contributed by atoms with Crippen LogP contribution < -0.4 is 0 Å². The highest BCUT2D eigenvalue weighted by molar-refractivity contribution is 8.68. The number of aryl methyl sites for hydroxylation is 1. The van der Waals surface area contributed by atoms with E-state index in [9.17, 15) is 0 Å². The molecule has 0 saturated carbocycles. The summed E-state index contributed by atoms with van der Waals surface area (Å²) in [6.07, 6.45) is 3.75. The summed E-state index contributed by atoms with van der Waals surface area (Å²) in [4.78, 5) is 1.22. The average Bonchev–Trinajstić information content (AvgIpc) is 2.15. The average molecular weight is 198 g/mol. The molecule has 0 bridgehead atoms. The molecule has 0 saturated heterocycles. The minimum absolute atomic E-state index is 1.20. The van der Waals surface area contributed by atoms with Gasteiger partial charge in [0, 0.05) is 4.90 Å². The maximum absolute atomic E-state index is 4.13. The van der Waals surface area contributed by atoms with Crippen molar-refractivity contribution in [3.8, 4) is 0 Å². The Morgan fingerprint density at radius 2 is 1.92 bits per heavy atom. The van der Waals surface area contributed by atoms with E-state index in [0.717, 1.165) is 0 Å². The molecule has 1 aromatic carbocycles. The van der Waals surface area contributed by atoms with Crippen LogP contribution in [0.4, 0.5) is 0 Å². The van der Waals surface area contributed by atoms with Gasteiger partial charge in [0.15, 0.2) is 0 Å². The highest BCUT2D eigenvalue weighted by Crippen LogP contribution is 2.21. The van der Waals surface area contributed by atoms with Crippen molar-refractivity contribution >= 4 is 22.5 Å². The first-order valence-electron chi connectivity index (χ1n) is 4.27. The lowest BCUT2D eigenvalue weighted by Gasteiger charge is -2.00. The molecule has 0 N–H and O–H groups in total. The summed E-state index contributed by atoms with van der Waals surface area (Å²) in [5.74, 6) is 0. The number of benzene rings is 1. The van der Waals surface area contributed by atoms with Crippen molar-refractivity contribution in [2.24, 2.45) is 0 Å². The van der Waals surface area contributed by atoms with Crippen LogP contribution in [0.5, 0.6) is 0 Å². The molecule has 0 aliphatic rings. The van der Waals surface area contributed by atoms with Crippen molar-refractivity contribution in [2.75, 3.05) is 0 Å². The van der Waals surface area contributed by atoms with E-state index < -0.39 is 0 Å². The summed E-state index contributed by atoms with van der Waals surface area (Å²) >= 11 is 4.13. The lowest BCUT2D eigenvalue weighted by molar-refractivity contribution is 0.794. The summed E-state index contributed by atoms with van der Waals surface area (Å²) in [7, 11) is 1.50. The zero-order valence-electron chi connectivity index (χ0n) is 7.29. The zero-order valence-corrected chi connectivity index (χ0v) is 9.00.